The molecule has 2 heterocycles. The Balaban J connectivity index is 1.43. The van der Waals surface area contributed by atoms with E-state index in [9.17, 15) is 9.59 Å². The fourth-order valence-electron chi connectivity index (χ4n) is 4.52. The minimum absolute atomic E-state index is 0.0161. The third-order valence-corrected chi connectivity index (χ3v) is 6.76. The lowest BCUT2D eigenvalue weighted by atomic mass is 9.95. The maximum atomic E-state index is 13.3. The Labute approximate surface area is 200 Å². The summed E-state index contributed by atoms with van der Waals surface area (Å²) >= 11 is 5.96. The van der Waals surface area contributed by atoms with Crippen molar-refractivity contribution in [2.75, 3.05) is 45.9 Å². The summed E-state index contributed by atoms with van der Waals surface area (Å²) in [6, 6.07) is 15.2. The van der Waals surface area contributed by atoms with Crippen molar-refractivity contribution in [1.29, 1.82) is 0 Å². The Morgan fingerprint density at radius 2 is 1.76 bits per heavy atom. The van der Waals surface area contributed by atoms with E-state index in [4.69, 9.17) is 16.3 Å². The summed E-state index contributed by atoms with van der Waals surface area (Å²) in [4.78, 5) is 30.4. The van der Waals surface area contributed by atoms with Crippen molar-refractivity contribution < 1.29 is 14.3 Å². The molecule has 2 aromatic rings. The second-order valence-corrected chi connectivity index (χ2v) is 9.42. The smallest absolute Gasteiger partial charge is 0.253 e. The third kappa shape index (κ3) is 6.34. The Kier molecular flexibility index (Phi) is 8.02. The fraction of sp³-hybridized carbons (Fsp3) is 0.462. The minimum Gasteiger partial charge on any atom is -0.379 e. The van der Waals surface area contributed by atoms with Crippen LogP contribution in [0.5, 0.6) is 0 Å². The van der Waals surface area contributed by atoms with E-state index in [1.807, 2.05) is 0 Å². The number of morpholine rings is 1. The van der Waals surface area contributed by atoms with E-state index in [-0.39, 0.29) is 23.8 Å². The molecule has 6 nitrogen and oxygen atoms in total. The van der Waals surface area contributed by atoms with Crippen LogP contribution in [0.2, 0.25) is 5.02 Å². The predicted molar refractivity (Wildman–Crippen MR) is 129 cm³/mol. The summed E-state index contributed by atoms with van der Waals surface area (Å²) < 4.78 is 5.48. The molecular weight excluding hydrogens is 438 g/mol. The van der Waals surface area contributed by atoms with E-state index in [0.29, 0.717) is 23.7 Å². The number of hydrogen-bond donors (Lipinski definition) is 1. The van der Waals surface area contributed by atoms with Gasteiger partial charge in [-0.15, -0.1) is 0 Å². The van der Waals surface area contributed by atoms with E-state index in [0.717, 1.165) is 51.3 Å². The largest absolute Gasteiger partial charge is 0.379 e. The number of rotatable bonds is 6. The Bertz CT molecular complexity index is 942. The van der Waals surface area contributed by atoms with Crippen molar-refractivity contribution in [3.8, 4) is 0 Å². The van der Waals surface area contributed by atoms with Crippen LogP contribution >= 0.6 is 11.6 Å². The number of nitrogens with zero attached hydrogens (tertiary/aromatic N) is 2. The molecule has 2 amide bonds. The van der Waals surface area contributed by atoms with Gasteiger partial charge in [-0.1, -0.05) is 41.4 Å². The van der Waals surface area contributed by atoms with Gasteiger partial charge in [-0.25, -0.2) is 0 Å². The van der Waals surface area contributed by atoms with Gasteiger partial charge in [-0.3, -0.25) is 14.5 Å². The van der Waals surface area contributed by atoms with Gasteiger partial charge in [-0.05, 0) is 49.6 Å². The van der Waals surface area contributed by atoms with Gasteiger partial charge < -0.3 is 15.0 Å². The van der Waals surface area contributed by atoms with Crippen molar-refractivity contribution in [3.05, 3.63) is 70.2 Å². The molecule has 176 valence electrons. The quantitative estimate of drug-likeness (QED) is 0.700. The fourth-order valence-corrected chi connectivity index (χ4v) is 4.64. The molecule has 1 N–H and O–H groups in total. The lowest BCUT2D eigenvalue weighted by Crippen LogP contribution is -2.48. The summed E-state index contributed by atoms with van der Waals surface area (Å²) in [6.07, 6.45) is 1.60. The molecule has 0 aromatic heterocycles. The second kappa shape index (κ2) is 11.1. The number of aryl methyl sites for hydroxylation is 1. The van der Waals surface area contributed by atoms with E-state index in [1.54, 1.807) is 29.2 Å². The van der Waals surface area contributed by atoms with Crippen LogP contribution in [-0.4, -0.2) is 67.6 Å². The molecular formula is C26H32ClN3O3. The number of carbonyl (C=O) groups excluding carboxylic acids is 2. The molecule has 7 heteroatoms. The van der Waals surface area contributed by atoms with Crippen LogP contribution in [0, 0.1) is 12.8 Å². The summed E-state index contributed by atoms with van der Waals surface area (Å²) in [5.41, 5.74) is 2.90. The van der Waals surface area contributed by atoms with Crippen LogP contribution < -0.4 is 5.32 Å². The standard InChI is InChI=1S/C26H32ClN3O3/c1-19-4-6-20(7-5-19)24(18-29-13-15-33-16-14-29)28-25(31)22-3-2-12-30(17-22)26(32)21-8-10-23(27)11-9-21/h4-11,22,24H,2-3,12-18H2,1H3,(H,28,31)/t22-,24+/m0/s1. The number of hydrogen-bond acceptors (Lipinski definition) is 4. The zero-order valence-electron chi connectivity index (χ0n) is 19.1. The number of nitrogens with one attached hydrogen (secondary N) is 1. The Hall–Kier alpha value is -2.41. The highest BCUT2D eigenvalue weighted by Gasteiger charge is 2.31. The van der Waals surface area contributed by atoms with Crippen molar-refractivity contribution in [1.82, 2.24) is 15.1 Å². The van der Waals surface area contributed by atoms with Gasteiger partial charge >= 0.3 is 0 Å². The average Bonchev–Trinajstić information content (AvgIpc) is 2.85. The molecule has 0 unspecified atom stereocenters. The van der Waals surface area contributed by atoms with Crippen LogP contribution in [0.3, 0.4) is 0 Å². The maximum Gasteiger partial charge on any atom is 0.253 e. The number of ether oxygens (including phenoxy) is 1. The molecule has 0 aliphatic carbocycles. The molecule has 2 saturated heterocycles. The number of likely N-dealkylation sites (tertiary alicyclic amines) is 1. The molecule has 2 aromatic carbocycles. The number of benzene rings is 2. The molecule has 33 heavy (non-hydrogen) atoms. The van der Waals surface area contributed by atoms with Crippen LogP contribution in [0.25, 0.3) is 0 Å². The van der Waals surface area contributed by atoms with Gasteiger partial charge in [0.25, 0.3) is 5.91 Å². The lowest BCUT2D eigenvalue weighted by molar-refractivity contribution is -0.127. The van der Waals surface area contributed by atoms with Crippen molar-refractivity contribution in [3.63, 3.8) is 0 Å². The zero-order valence-corrected chi connectivity index (χ0v) is 19.9. The number of piperidine rings is 1. The first kappa shape index (κ1) is 23.7. The van der Waals surface area contributed by atoms with E-state index >= 15 is 0 Å². The Morgan fingerprint density at radius 3 is 2.45 bits per heavy atom. The summed E-state index contributed by atoms with van der Waals surface area (Å²) in [5, 5.41) is 3.90. The number of carbonyl (C=O) groups is 2. The molecule has 2 atom stereocenters. The molecule has 0 radical (unpaired) electrons. The third-order valence-electron chi connectivity index (χ3n) is 6.51. The first-order valence-electron chi connectivity index (χ1n) is 11.7. The number of amides is 2. The highest BCUT2D eigenvalue weighted by atomic mass is 35.5. The van der Waals surface area contributed by atoms with Gasteiger partial charge in [0.05, 0.1) is 25.2 Å². The predicted octanol–water partition coefficient (Wildman–Crippen LogP) is 3.69. The lowest BCUT2D eigenvalue weighted by Gasteiger charge is -2.35. The summed E-state index contributed by atoms with van der Waals surface area (Å²) in [5.74, 6) is -0.248. The Morgan fingerprint density at radius 1 is 1.06 bits per heavy atom. The molecule has 0 spiro atoms. The SMILES string of the molecule is Cc1ccc([C@@H](CN2CCOCC2)NC(=O)[C@H]2CCCN(C(=O)c3ccc(Cl)cc3)C2)cc1. The van der Waals surface area contributed by atoms with Crippen molar-refractivity contribution >= 4 is 23.4 Å². The van der Waals surface area contributed by atoms with Crippen molar-refractivity contribution in [2.24, 2.45) is 5.92 Å². The first-order valence-corrected chi connectivity index (χ1v) is 12.1. The molecule has 0 saturated carbocycles. The van der Waals surface area contributed by atoms with E-state index < -0.39 is 0 Å². The van der Waals surface area contributed by atoms with Gasteiger partial charge in [0.2, 0.25) is 5.91 Å². The molecule has 0 bridgehead atoms. The van der Waals surface area contributed by atoms with Crippen LogP contribution in [0.1, 0.15) is 40.4 Å². The van der Waals surface area contributed by atoms with Gasteiger partial charge in [0, 0.05) is 43.3 Å². The minimum atomic E-state index is -0.215. The normalized spacial score (nSPS) is 20.3. The summed E-state index contributed by atoms with van der Waals surface area (Å²) in [7, 11) is 0. The van der Waals surface area contributed by atoms with Crippen LogP contribution in [0.15, 0.2) is 48.5 Å². The monoisotopic (exact) mass is 469 g/mol. The van der Waals surface area contributed by atoms with Gasteiger partial charge in [-0.2, -0.15) is 0 Å². The molecule has 2 fully saturated rings. The average molecular weight is 470 g/mol. The van der Waals surface area contributed by atoms with Crippen molar-refractivity contribution in [2.45, 2.75) is 25.8 Å². The zero-order chi connectivity index (χ0) is 23.2. The highest BCUT2D eigenvalue weighted by molar-refractivity contribution is 6.30. The van der Waals surface area contributed by atoms with E-state index in [1.165, 1.54) is 5.56 Å². The highest BCUT2D eigenvalue weighted by Crippen LogP contribution is 2.22. The van der Waals surface area contributed by atoms with Crippen LogP contribution in [0.4, 0.5) is 0 Å². The maximum absolute atomic E-state index is 13.3. The number of halogens is 1. The van der Waals surface area contributed by atoms with Crippen LogP contribution in [-0.2, 0) is 9.53 Å². The molecule has 2 aliphatic heterocycles. The first-order chi connectivity index (χ1) is 16.0. The van der Waals surface area contributed by atoms with E-state index in [2.05, 4.69) is 41.4 Å². The van der Waals surface area contributed by atoms with Gasteiger partial charge in [0.15, 0.2) is 0 Å². The molecule has 2 aliphatic rings. The second-order valence-electron chi connectivity index (χ2n) is 8.98. The summed E-state index contributed by atoms with van der Waals surface area (Å²) in [6.45, 7) is 7.09. The van der Waals surface area contributed by atoms with Gasteiger partial charge in [0.1, 0.15) is 0 Å². The topological polar surface area (TPSA) is 61.9 Å². The molecule has 4 rings (SSSR count).